The normalized spacial score (nSPS) is 11.1. The molecule has 0 heterocycles. The van der Waals surface area contributed by atoms with Crippen LogP contribution in [0, 0.1) is 0 Å². The van der Waals surface area contributed by atoms with Crippen molar-refractivity contribution in [2.24, 2.45) is 5.73 Å². The van der Waals surface area contributed by atoms with Gasteiger partial charge in [-0.05, 0) is 17.7 Å². The molecule has 3 N–H and O–H groups in total. The lowest BCUT2D eigenvalue weighted by molar-refractivity contribution is -0.132. The van der Waals surface area contributed by atoms with Gasteiger partial charge >= 0.3 is 5.97 Å². The second-order valence-corrected chi connectivity index (χ2v) is 3.08. The summed E-state index contributed by atoms with van der Waals surface area (Å²) < 4.78 is 4.76. The van der Waals surface area contributed by atoms with Gasteiger partial charge in [-0.2, -0.15) is 0 Å². The van der Waals surface area contributed by atoms with Crippen LogP contribution in [0.3, 0.4) is 0 Å². The van der Waals surface area contributed by atoms with Crippen LogP contribution in [-0.4, -0.2) is 11.1 Å². The van der Waals surface area contributed by atoms with Crippen molar-refractivity contribution in [3.8, 4) is 11.5 Å². The van der Waals surface area contributed by atoms with E-state index in [0.717, 1.165) is 0 Å². The Labute approximate surface area is 100 Å². The number of hydrogen-bond donors (Lipinski definition) is 2. The van der Waals surface area contributed by atoms with Crippen LogP contribution in [0.25, 0.3) is 0 Å². The van der Waals surface area contributed by atoms with Gasteiger partial charge in [0.2, 0.25) is 0 Å². The molecule has 0 aromatic heterocycles. The van der Waals surface area contributed by atoms with Crippen molar-refractivity contribution in [2.75, 3.05) is 0 Å². The molecule has 5 heteroatoms. The molecule has 88 valence electrons. The van der Waals surface area contributed by atoms with Gasteiger partial charge in [0.1, 0.15) is 0 Å². The number of benzene rings is 1. The summed E-state index contributed by atoms with van der Waals surface area (Å²) in [5, 5.41) is 9.52. The molecule has 1 aromatic rings. The van der Waals surface area contributed by atoms with Crippen LogP contribution in [0.4, 0.5) is 0 Å². The average Bonchev–Trinajstić information content (AvgIpc) is 2.19. The van der Waals surface area contributed by atoms with Crippen LogP contribution >= 0.6 is 12.4 Å². The minimum atomic E-state index is -0.480. The molecule has 0 unspecified atom stereocenters. The number of phenolic OH excluding ortho intramolecular Hbond substituents is 1. The van der Waals surface area contributed by atoms with Crippen molar-refractivity contribution in [3.05, 3.63) is 36.4 Å². The van der Waals surface area contributed by atoms with Crippen LogP contribution in [0.15, 0.2) is 30.9 Å². The maximum absolute atomic E-state index is 10.7. The first-order chi connectivity index (χ1) is 7.04. The second kappa shape index (κ2) is 6.15. The molecular weight excluding hydrogens is 230 g/mol. The zero-order chi connectivity index (χ0) is 11.4. The summed E-state index contributed by atoms with van der Waals surface area (Å²) in [4.78, 5) is 10.7. The highest BCUT2D eigenvalue weighted by atomic mass is 35.5. The number of nitrogens with two attached hydrogens (primary N) is 1. The first kappa shape index (κ1) is 14.5. The van der Waals surface area contributed by atoms with Crippen molar-refractivity contribution in [3.63, 3.8) is 0 Å². The van der Waals surface area contributed by atoms with Crippen molar-refractivity contribution in [2.45, 2.75) is 13.0 Å². The Bertz CT molecular complexity index is 393. The van der Waals surface area contributed by atoms with E-state index in [9.17, 15) is 9.90 Å². The summed E-state index contributed by atoms with van der Waals surface area (Å²) in [5.41, 5.74) is 6.38. The maximum atomic E-state index is 10.7. The molecule has 0 aliphatic heterocycles. The van der Waals surface area contributed by atoms with E-state index in [1.54, 1.807) is 12.1 Å². The summed E-state index contributed by atoms with van der Waals surface area (Å²) >= 11 is 0. The fraction of sp³-hybridized carbons (Fsp3) is 0.182. The number of phenols is 1. The van der Waals surface area contributed by atoms with Crippen molar-refractivity contribution < 1.29 is 14.6 Å². The van der Waals surface area contributed by atoms with E-state index in [1.165, 1.54) is 19.1 Å². The Morgan fingerprint density at radius 2 is 2.25 bits per heavy atom. The Morgan fingerprint density at radius 1 is 1.62 bits per heavy atom. The third-order valence-corrected chi connectivity index (χ3v) is 1.88. The predicted molar refractivity (Wildman–Crippen MR) is 63.8 cm³/mol. The zero-order valence-corrected chi connectivity index (χ0v) is 9.66. The van der Waals surface area contributed by atoms with Crippen LogP contribution in [0.5, 0.6) is 11.5 Å². The van der Waals surface area contributed by atoms with Gasteiger partial charge in [0.05, 0.1) is 0 Å². The fourth-order valence-corrected chi connectivity index (χ4v) is 1.12. The molecule has 4 nitrogen and oxygen atoms in total. The maximum Gasteiger partial charge on any atom is 0.308 e. The number of rotatable bonds is 3. The Kier molecular flexibility index (Phi) is 5.56. The van der Waals surface area contributed by atoms with Gasteiger partial charge < -0.3 is 15.6 Å². The molecule has 0 bridgehead atoms. The van der Waals surface area contributed by atoms with Gasteiger partial charge in [-0.3, -0.25) is 4.79 Å². The van der Waals surface area contributed by atoms with Gasteiger partial charge in [0.15, 0.2) is 11.5 Å². The summed E-state index contributed by atoms with van der Waals surface area (Å²) in [5.74, 6) is -0.464. The molecule has 0 spiro atoms. The second-order valence-electron chi connectivity index (χ2n) is 3.08. The van der Waals surface area contributed by atoms with Gasteiger partial charge in [0.25, 0.3) is 0 Å². The molecule has 0 aliphatic rings. The lowest BCUT2D eigenvalue weighted by Gasteiger charge is -2.09. The van der Waals surface area contributed by atoms with E-state index >= 15 is 0 Å². The average molecular weight is 244 g/mol. The number of aromatic hydroxyl groups is 1. The molecule has 0 radical (unpaired) electrons. The zero-order valence-electron chi connectivity index (χ0n) is 8.84. The SMILES string of the molecule is C=C[C@@H](N)c1ccc(OC(C)=O)c(O)c1.Cl. The summed E-state index contributed by atoms with van der Waals surface area (Å²) in [6.45, 7) is 4.81. The summed E-state index contributed by atoms with van der Waals surface area (Å²) in [6.07, 6.45) is 1.56. The van der Waals surface area contributed by atoms with Crippen LogP contribution in [0.2, 0.25) is 0 Å². The Hall–Kier alpha value is -1.52. The Morgan fingerprint density at radius 3 is 2.69 bits per heavy atom. The first-order valence-corrected chi connectivity index (χ1v) is 4.44. The monoisotopic (exact) mass is 243 g/mol. The number of halogens is 1. The van der Waals surface area contributed by atoms with E-state index in [1.807, 2.05) is 0 Å². The largest absolute Gasteiger partial charge is 0.504 e. The van der Waals surface area contributed by atoms with Gasteiger partial charge in [-0.1, -0.05) is 12.1 Å². The number of ether oxygens (including phenoxy) is 1. The molecule has 16 heavy (non-hydrogen) atoms. The number of carbonyl (C=O) groups is 1. The standard InChI is InChI=1S/C11H13NO3.ClH/c1-3-9(12)8-4-5-11(10(14)6-8)15-7(2)13;/h3-6,9,14H,1,12H2,2H3;1H/t9-;/m1./s1. The summed E-state index contributed by atoms with van der Waals surface area (Å²) in [7, 11) is 0. The van der Waals surface area contributed by atoms with Crippen LogP contribution in [-0.2, 0) is 4.79 Å². The molecular formula is C11H14ClNO3. The van der Waals surface area contributed by atoms with E-state index < -0.39 is 5.97 Å². The molecule has 0 saturated heterocycles. The molecule has 1 rings (SSSR count). The quantitative estimate of drug-likeness (QED) is 0.483. The van der Waals surface area contributed by atoms with Gasteiger partial charge in [-0.25, -0.2) is 0 Å². The smallest absolute Gasteiger partial charge is 0.308 e. The minimum Gasteiger partial charge on any atom is -0.504 e. The number of esters is 1. The van der Waals surface area contributed by atoms with Crippen molar-refractivity contribution in [1.82, 2.24) is 0 Å². The van der Waals surface area contributed by atoms with Gasteiger partial charge in [-0.15, -0.1) is 19.0 Å². The third kappa shape index (κ3) is 3.56. The molecule has 0 amide bonds. The van der Waals surface area contributed by atoms with Crippen LogP contribution < -0.4 is 10.5 Å². The molecule has 1 atom stereocenters. The van der Waals surface area contributed by atoms with E-state index in [0.29, 0.717) is 5.56 Å². The van der Waals surface area contributed by atoms with E-state index in [4.69, 9.17) is 10.5 Å². The molecule has 0 fully saturated rings. The minimum absolute atomic E-state index is 0. The van der Waals surface area contributed by atoms with Crippen molar-refractivity contribution >= 4 is 18.4 Å². The highest BCUT2D eigenvalue weighted by Crippen LogP contribution is 2.28. The highest BCUT2D eigenvalue weighted by molar-refractivity contribution is 5.85. The third-order valence-electron chi connectivity index (χ3n) is 1.88. The van der Waals surface area contributed by atoms with Gasteiger partial charge in [0, 0.05) is 13.0 Å². The van der Waals surface area contributed by atoms with Crippen molar-refractivity contribution in [1.29, 1.82) is 0 Å². The lowest BCUT2D eigenvalue weighted by Crippen LogP contribution is -2.07. The lowest BCUT2D eigenvalue weighted by atomic mass is 10.1. The van der Waals surface area contributed by atoms with E-state index in [-0.39, 0.29) is 29.9 Å². The first-order valence-electron chi connectivity index (χ1n) is 4.44. The van der Waals surface area contributed by atoms with E-state index in [2.05, 4.69) is 6.58 Å². The topological polar surface area (TPSA) is 72.5 Å². The highest BCUT2D eigenvalue weighted by Gasteiger charge is 2.08. The molecule has 0 saturated carbocycles. The van der Waals surface area contributed by atoms with Crippen LogP contribution in [0.1, 0.15) is 18.5 Å². The predicted octanol–water partition coefficient (Wildman–Crippen LogP) is 1.93. The summed E-state index contributed by atoms with van der Waals surface area (Å²) in [6, 6.07) is 4.27. The Balaban J connectivity index is 0.00000225. The molecule has 1 aromatic carbocycles. The molecule has 0 aliphatic carbocycles. The number of hydrogen-bond acceptors (Lipinski definition) is 4. The number of carbonyl (C=O) groups excluding carboxylic acids is 1. The fourth-order valence-electron chi connectivity index (χ4n) is 1.12.